The fourth-order valence-electron chi connectivity index (χ4n) is 2.73. The standard InChI is InChI=1S/C15H23ClN2/c1-10-5-6-18(9-12(10)3)15-14(8-16)11(2)7-13(4)17-15/h7,10,12H,5-6,8-9H2,1-4H3. The highest BCUT2D eigenvalue weighted by Gasteiger charge is 2.25. The molecule has 2 rings (SSSR count). The molecule has 2 unspecified atom stereocenters. The van der Waals surface area contributed by atoms with Gasteiger partial charge in [0.15, 0.2) is 0 Å². The van der Waals surface area contributed by atoms with Crippen LogP contribution in [0.15, 0.2) is 6.07 Å². The van der Waals surface area contributed by atoms with E-state index in [0.29, 0.717) is 5.88 Å². The molecule has 0 radical (unpaired) electrons. The van der Waals surface area contributed by atoms with E-state index in [2.05, 4.69) is 38.7 Å². The Labute approximate surface area is 115 Å². The molecule has 100 valence electrons. The lowest BCUT2D eigenvalue weighted by Gasteiger charge is -2.37. The smallest absolute Gasteiger partial charge is 0.133 e. The number of anilines is 1. The van der Waals surface area contributed by atoms with Crippen LogP contribution in [-0.2, 0) is 5.88 Å². The van der Waals surface area contributed by atoms with Gasteiger partial charge in [-0.25, -0.2) is 4.98 Å². The summed E-state index contributed by atoms with van der Waals surface area (Å²) in [6.07, 6.45) is 1.25. The van der Waals surface area contributed by atoms with Crippen molar-refractivity contribution in [1.82, 2.24) is 4.98 Å². The van der Waals surface area contributed by atoms with E-state index in [4.69, 9.17) is 16.6 Å². The molecule has 1 aromatic rings. The highest BCUT2D eigenvalue weighted by atomic mass is 35.5. The number of hydrogen-bond donors (Lipinski definition) is 0. The quantitative estimate of drug-likeness (QED) is 0.755. The van der Waals surface area contributed by atoms with Gasteiger partial charge in [-0.1, -0.05) is 13.8 Å². The van der Waals surface area contributed by atoms with Gasteiger partial charge in [-0.15, -0.1) is 11.6 Å². The van der Waals surface area contributed by atoms with Crippen LogP contribution in [0.25, 0.3) is 0 Å². The molecule has 0 N–H and O–H groups in total. The predicted molar refractivity (Wildman–Crippen MR) is 78.4 cm³/mol. The normalized spacial score (nSPS) is 24.4. The first kappa shape index (κ1) is 13.7. The molecule has 3 heteroatoms. The van der Waals surface area contributed by atoms with E-state index >= 15 is 0 Å². The number of aromatic nitrogens is 1. The minimum Gasteiger partial charge on any atom is -0.356 e. The molecule has 18 heavy (non-hydrogen) atoms. The minimum atomic E-state index is 0.550. The van der Waals surface area contributed by atoms with Crippen molar-refractivity contribution < 1.29 is 0 Å². The van der Waals surface area contributed by atoms with Crippen molar-refractivity contribution in [3.8, 4) is 0 Å². The first-order valence-electron chi connectivity index (χ1n) is 6.81. The maximum atomic E-state index is 6.11. The topological polar surface area (TPSA) is 16.1 Å². The molecule has 1 aromatic heterocycles. The second-order valence-corrected chi connectivity index (χ2v) is 5.97. The van der Waals surface area contributed by atoms with Crippen molar-refractivity contribution in [3.63, 3.8) is 0 Å². The van der Waals surface area contributed by atoms with Gasteiger partial charge in [0, 0.05) is 24.3 Å². The Hall–Kier alpha value is -0.760. The van der Waals surface area contributed by atoms with E-state index in [1.165, 1.54) is 17.5 Å². The zero-order chi connectivity index (χ0) is 13.3. The van der Waals surface area contributed by atoms with E-state index in [1.54, 1.807) is 0 Å². The number of piperidine rings is 1. The van der Waals surface area contributed by atoms with Gasteiger partial charge >= 0.3 is 0 Å². The average molecular weight is 267 g/mol. The Morgan fingerprint density at radius 2 is 2.06 bits per heavy atom. The van der Waals surface area contributed by atoms with Crippen molar-refractivity contribution in [3.05, 3.63) is 22.9 Å². The third-order valence-corrected chi connectivity index (χ3v) is 4.49. The van der Waals surface area contributed by atoms with E-state index in [-0.39, 0.29) is 0 Å². The lowest BCUT2D eigenvalue weighted by atomic mass is 9.88. The van der Waals surface area contributed by atoms with E-state index in [1.807, 2.05) is 0 Å². The number of alkyl halides is 1. The summed E-state index contributed by atoms with van der Waals surface area (Å²) in [4.78, 5) is 7.15. The molecule has 0 amide bonds. The molecule has 0 spiro atoms. The summed E-state index contributed by atoms with van der Waals surface area (Å²) in [6.45, 7) is 11.1. The van der Waals surface area contributed by atoms with Crippen LogP contribution in [0.4, 0.5) is 5.82 Å². The van der Waals surface area contributed by atoms with Crippen LogP contribution in [0.1, 0.15) is 37.1 Å². The molecular weight excluding hydrogens is 244 g/mol. The summed E-state index contributed by atoms with van der Waals surface area (Å²) < 4.78 is 0. The average Bonchev–Trinajstić information content (AvgIpc) is 2.32. The molecule has 2 atom stereocenters. The predicted octanol–water partition coefficient (Wildman–Crippen LogP) is 3.92. The Kier molecular flexibility index (Phi) is 4.16. The molecule has 0 aliphatic carbocycles. The van der Waals surface area contributed by atoms with Crippen LogP contribution in [0.2, 0.25) is 0 Å². The summed E-state index contributed by atoms with van der Waals surface area (Å²) in [7, 11) is 0. The Morgan fingerprint density at radius 1 is 1.33 bits per heavy atom. The number of hydrogen-bond acceptors (Lipinski definition) is 2. The zero-order valence-corrected chi connectivity index (χ0v) is 12.6. The summed E-state index contributed by atoms with van der Waals surface area (Å²) in [5, 5.41) is 0. The number of pyridine rings is 1. The summed E-state index contributed by atoms with van der Waals surface area (Å²) in [5.74, 6) is 3.20. The number of nitrogens with zero attached hydrogens (tertiary/aromatic N) is 2. The van der Waals surface area contributed by atoms with Crippen LogP contribution in [0.3, 0.4) is 0 Å². The van der Waals surface area contributed by atoms with Crippen LogP contribution >= 0.6 is 11.6 Å². The molecule has 1 aliphatic heterocycles. The first-order chi connectivity index (χ1) is 8.52. The molecule has 1 saturated heterocycles. The number of halogens is 1. The highest BCUT2D eigenvalue weighted by Crippen LogP contribution is 2.30. The highest BCUT2D eigenvalue weighted by molar-refractivity contribution is 6.17. The fraction of sp³-hybridized carbons (Fsp3) is 0.667. The molecule has 0 bridgehead atoms. The minimum absolute atomic E-state index is 0.550. The molecule has 0 aromatic carbocycles. The Bertz CT molecular complexity index is 431. The van der Waals surface area contributed by atoms with Gasteiger partial charge in [-0.05, 0) is 43.7 Å². The van der Waals surface area contributed by atoms with E-state index in [0.717, 1.165) is 36.4 Å². The number of rotatable bonds is 2. The lowest BCUT2D eigenvalue weighted by molar-refractivity contribution is 0.322. The summed E-state index contributed by atoms with van der Waals surface area (Å²) in [5.41, 5.74) is 3.55. The van der Waals surface area contributed by atoms with Crippen LogP contribution in [0, 0.1) is 25.7 Å². The molecule has 2 heterocycles. The largest absolute Gasteiger partial charge is 0.356 e. The van der Waals surface area contributed by atoms with Gasteiger partial charge in [-0.3, -0.25) is 0 Å². The van der Waals surface area contributed by atoms with Gasteiger partial charge < -0.3 is 4.90 Å². The van der Waals surface area contributed by atoms with Crippen molar-refractivity contribution >= 4 is 17.4 Å². The van der Waals surface area contributed by atoms with Crippen LogP contribution < -0.4 is 4.90 Å². The van der Waals surface area contributed by atoms with Gasteiger partial charge in [0.2, 0.25) is 0 Å². The van der Waals surface area contributed by atoms with Crippen molar-refractivity contribution in [2.24, 2.45) is 11.8 Å². The van der Waals surface area contributed by atoms with E-state index < -0.39 is 0 Å². The van der Waals surface area contributed by atoms with Gasteiger partial charge in [-0.2, -0.15) is 0 Å². The van der Waals surface area contributed by atoms with Crippen molar-refractivity contribution in [2.75, 3.05) is 18.0 Å². The number of aryl methyl sites for hydroxylation is 2. The monoisotopic (exact) mass is 266 g/mol. The lowest BCUT2D eigenvalue weighted by Crippen LogP contribution is -2.39. The molecule has 2 nitrogen and oxygen atoms in total. The molecule has 0 saturated carbocycles. The Balaban J connectivity index is 2.33. The maximum Gasteiger partial charge on any atom is 0.133 e. The summed E-state index contributed by atoms with van der Waals surface area (Å²) >= 11 is 6.11. The van der Waals surface area contributed by atoms with Gasteiger partial charge in [0.25, 0.3) is 0 Å². The SMILES string of the molecule is Cc1cc(C)c(CCl)c(N2CCC(C)C(C)C2)n1. The third-order valence-electron chi connectivity index (χ3n) is 4.22. The summed E-state index contributed by atoms with van der Waals surface area (Å²) in [6, 6.07) is 2.12. The maximum absolute atomic E-state index is 6.11. The molecular formula is C15H23ClN2. The first-order valence-corrected chi connectivity index (χ1v) is 7.34. The van der Waals surface area contributed by atoms with E-state index in [9.17, 15) is 0 Å². The molecule has 1 aliphatic rings. The fourth-order valence-corrected chi connectivity index (χ4v) is 3.06. The van der Waals surface area contributed by atoms with Crippen LogP contribution in [0.5, 0.6) is 0 Å². The zero-order valence-electron chi connectivity index (χ0n) is 11.8. The molecule has 1 fully saturated rings. The van der Waals surface area contributed by atoms with Gasteiger partial charge in [0.05, 0.1) is 5.88 Å². The van der Waals surface area contributed by atoms with Crippen molar-refractivity contribution in [1.29, 1.82) is 0 Å². The second kappa shape index (κ2) is 5.48. The van der Waals surface area contributed by atoms with Gasteiger partial charge in [0.1, 0.15) is 5.82 Å². The Morgan fingerprint density at radius 3 is 2.67 bits per heavy atom. The van der Waals surface area contributed by atoms with Crippen molar-refractivity contribution in [2.45, 2.75) is 40.0 Å². The second-order valence-electron chi connectivity index (χ2n) is 5.71. The van der Waals surface area contributed by atoms with Crippen LogP contribution in [-0.4, -0.2) is 18.1 Å². The third kappa shape index (κ3) is 2.64.